The molecule has 0 spiro atoms. The Bertz CT molecular complexity index is 1280. The first-order chi connectivity index (χ1) is 15.4. The van der Waals surface area contributed by atoms with Crippen molar-refractivity contribution in [3.05, 3.63) is 69.0 Å². The maximum absolute atomic E-state index is 13.0. The predicted molar refractivity (Wildman–Crippen MR) is 113 cm³/mol. The zero-order valence-electron chi connectivity index (χ0n) is 15.9. The number of hydrogen-bond acceptors (Lipinski definition) is 5. The summed E-state index contributed by atoms with van der Waals surface area (Å²) in [5.41, 5.74) is -2.07. The molecular weight excluding hydrogens is 515 g/mol. The van der Waals surface area contributed by atoms with Crippen molar-refractivity contribution < 1.29 is 30.9 Å². The molecule has 33 heavy (non-hydrogen) atoms. The standard InChI is InChI=1S/C20H9Cl2F6N3OS/c21-11-1-2-13(14(22)6-11)15-7-17(32-31-15)16-8-33-18(30-16)29-12-4-9(19(23,24)25)3-10(5-12)20(26,27)28/h1-8H,(H,29,30). The lowest BCUT2D eigenvalue weighted by atomic mass is 10.1. The van der Waals surface area contributed by atoms with Gasteiger partial charge in [-0.05, 0) is 36.4 Å². The third-order valence-electron chi connectivity index (χ3n) is 4.31. The molecule has 2 aromatic carbocycles. The van der Waals surface area contributed by atoms with E-state index in [4.69, 9.17) is 27.7 Å². The predicted octanol–water partition coefficient (Wildman–Crippen LogP) is 8.55. The number of nitrogens with zero attached hydrogens (tertiary/aromatic N) is 2. The van der Waals surface area contributed by atoms with Crippen LogP contribution in [0.25, 0.3) is 22.7 Å². The first-order valence-electron chi connectivity index (χ1n) is 8.85. The molecule has 2 heterocycles. The van der Waals surface area contributed by atoms with Crippen LogP contribution in [0, 0.1) is 0 Å². The molecule has 0 saturated heterocycles. The Morgan fingerprint density at radius 1 is 0.848 bits per heavy atom. The van der Waals surface area contributed by atoms with Crippen LogP contribution in [0.1, 0.15) is 11.1 Å². The molecule has 1 N–H and O–H groups in total. The Labute approximate surface area is 195 Å². The van der Waals surface area contributed by atoms with Crippen LogP contribution in [0.3, 0.4) is 0 Å². The number of halogens is 8. The van der Waals surface area contributed by atoms with Crippen LogP contribution in [-0.4, -0.2) is 10.1 Å². The quantitative estimate of drug-likeness (QED) is 0.272. The van der Waals surface area contributed by atoms with Crippen molar-refractivity contribution in [2.75, 3.05) is 5.32 Å². The van der Waals surface area contributed by atoms with E-state index in [0.717, 1.165) is 11.3 Å². The molecule has 4 rings (SSSR count). The molecule has 0 fully saturated rings. The van der Waals surface area contributed by atoms with Crippen molar-refractivity contribution in [1.29, 1.82) is 0 Å². The van der Waals surface area contributed by atoms with Crippen LogP contribution in [0.15, 0.2) is 52.4 Å². The fourth-order valence-corrected chi connectivity index (χ4v) is 4.04. The minimum Gasteiger partial charge on any atom is -0.354 e. The van der Waals surface area contributed by atoms with Gasteiger partial charge in [-0.2, -0.15) is 26.3 Å². The number of benzene rings is 2. The summed E-state index contributed by atoms with van der Waals surface area (Å²) in [5, 5.41) is 8.74. The average molecular weight is 524 g/mol. The second-order valence-electron chi connectivity index (χ2n) is 6.66. The molecule has 0 atom stereocenters. The smallest absolute Gasteiger partial charge is 0.354 e. The van der Waals surface area contributed by atoms with E-state index in [1.165, 1.54) is 11.4 Å². The van der Waals surface area contributed by atoms with Gasteiger partial charge in [-0.1, -0.05) is 28.4 Å². The summed E-state index contributed by atoms with van der Waals surface area (Å²) in [6, 6.07) is 7.54. The highest BCUT2D eigenvalue weighted by Crippen LogP contribution is 2.39. The van der Waals surface area contributed by atoms with E-state index in [1.54, 1.807) is 18.2 Å². The minimum atomic E-state index is -4.95. The van der Waals surface area contributed by atoms with E-state index in [9.17, 15) is 26.3 Å². The van der Waals surface area contributed by atoms with Crippen LogP contribution in [0.5, 0.6) is 0 Å². The van der Waals surface area contributed by atoms with E-state index in [2.05, 4.69) is 15.5 Å². The molecule has 2 aromatic heterocycles. The van der Waals surface area contributed by atoms with Gasteiger partial charge >= 0.3 is 12.4 Å². The van der Waals surface area contributed by atoms with Gasteiger partial charge in [-0.25, -0.2) is 4.98 Å². The van der Waals surface area contributed by atoms with Gasteiger partial charge in [0, 0.05) is 27.7 Å². The Morgan fingerprint density at radius 2 is 1.52 bits per heavy atom. The highest BCUT2D eigenvalue weighted by atomic mass is 35.5. The van der Waals surface area contributed by atoms with Gasteiger partial charge in [-0.15, -0.1) is 11.3 Å². The number of thiazole rings is 1. The van der Waals surface area contributed by atoms with Crippen LogP contribution in [0.2, 0.25) is 10.0 Å². The maximum Gasteiger partial charge on any atom is 0.416 e. The molecule has 4 nitrogen and oxygen atoms in total. The summed E-state index contributed by atoms with van der Waals surface area (Å²) in [6.45, 7) is 0. The Morgan fingerprint density at radius 3 is 2.12 bits per heavy atom. The van der Waals surface area contributed by atoms with Crippen LogP contribution in [0.4, 0.5) is 37.2 Å². The lowest BCUT2D eigenvalue weighted by molar-refractivity contribution is -0.143. The van der Waals surface area contributed by atoms with Gasteiger partial charge in [0.1, 0.15) is 11.4 Å². The molecule has 4 aromatic rings. The summed E-state index contributed by atoms with van der Waals surface area (Å²) >= 11 is 13.0. The zero-order valence-corrected chi connectivity index (χ0v) is 18.2. The molecule has 0 aliphatic heterocycles. The third-order valence-corrected chi connectivity index (χ3v) is 5.62. The van der Waals surface area contributed by atoms with Crippen molar-refractivity contribution in [3.63, 3.8) is 0 Å². The summed E-state index contributed by atoms with van der Waals surface area (Å²) in [7, 11) is 0. The molecular formula is C20H9Cl2F6N3OS. The zero-order chi connectivity index (χ0) is 24.0. The molecule has 0 unspecified atom stereocenters. The summed E-state index contributed by atoms with van der Waals surface area (Å²) in [4.78, 5) is 4.16. The van der Waals surface area contributed by atoms with Crippen molar-refractivity contribution >= 4 is 45.4 Å². The Hall–Kier alpha value is -2.76. The van der Waals surface area contributed by atoms with E-state index >= 15 is 0 Å². The first-order valence-corrected chi connectivity index (χ1v) is 10.5. The van der Waals surface area contributed by atoms with Gasteiger partial charge in [0.05, 0.1) is 16.1 Å². The van der Waals surface area contributed by atoms with Crippen LogP contribution >= 0.6 is 34.5 Å². The Balaban J connectivity index is 1.61. The summed E-state index contributed by atoms with van der Waals surface area (Å²) in [5.74, 6) is 0.223. The van der Waals surface area contributed by atoms with Crippen molar-refractivity contribution in [2.45, 2.75) is 12.4 Å². The Kier molecular flexibility index (Phi) is 6.06. The lowest BCUT2D eigenvalue weighted by Crippen LogP contribution is -2.11. The molecule has 0 aliphatic carbocycles. The number of nitrogens with one attached hydrogen (secondary N) is 1. The molecule has 0 bridgehead atoms. The SMILES string of the molecule is FC(F)(F)c1cc(Nc2nc(-c3cc(-c4ccc(Cl)cc4Cl)no3)cs2)cc(C(F)(F)F)c1. The molecule has 0 radical (unpaired) electrons. The number of alkyl halides is 6. The monoisotopic (exact) mass is 523 g/mol. The lowest BCUT2D eigenvalue weighted by Gasteiger charge is -2.14. The van der Waals surface area contributed by atoms with Crippen molar-refractivity contribution in [3.8, 4) is 22.7 Å². The molecule has 0 saturated carbocycles. The molecule has 172 valence electrons. The van der Waals surface area contributed by atoms with Gasteiger partial charge in [-0.3, -0.25) is 0 Å². The van der Waals surface area contributed by atoms with E-state index in [0.29, 0.717) is 33.4 Å². The van der Waals surface area contributed by atoms with Gasteiger partial charge in [0.25, 0.3) is 0 Å². The van der Waals surface area contributed by atoms with Gasteiger partial charge in [0.2, 0.25) is 0 Å². The maximum atomic E-state index is 13.0. The third kappa shape index (κ3) is 5.26. The number of anilines is 2. The topological polar surface area (TPSA) is 51.0 Å². The number of rotatable bonds is 4. The fourth-order valence-electron chi connectivity index (χ4n) is 2.81. The highest BCUT2D eigenvalue weighted by Gasteiger charge is 2.37. The van der Waals surface area contributed by atoms with Crippen LogP contribution < -0.4 is 5.32 Å². The van der Waals surface area contributed by atoms with Gasteiger partial charge in [0.15, 0.2) is 10.9 Å². The number of aromatic nitrogens is 2. The highest BCUT2D eigenvalue weighted by molar-refractivity contribution is 7.14. The minimum absolute atomic E-state index is 0.0520. The largest absolute Gasteiger partial charge is 0.416 e. The van der Waals surface area contributed by atoms with Crippen LogP contribution in [-0.2, 0) is 12.4 Å². The molecule has 0 amide bonds. The van der Waals surface area contributed by atoms with Gasteiger partial charge < -0.3 is 9.84 Å². The van der Waals surface area contributed by atoms with E-state index in [1.807, 2.05) is 0 Å². The second kappa shape index (κ2) is 8.54. The fraction of sp³-hybridized carbons (Fsp3) is 0.100. The molecule has 13 heteroatoms. The van der Waals surface area contributed by atoms with E-state index in [-0.39, 0.29) is 22.7 Å². The summed E-state index contributed by atoms with van der Waals surface area (Å²) < 4.78 is 83.6. The summed E-state index contributed by atoms with van der Waals surface area (Å²) in [6.07, 6.45) is -9.91. The normalized spacial score (nSPS) is 12.2. The average Bonchev–Trinajstić information content (AvgIpc) is 3.36. The van der Waals surface area contributed by atoms with Crippen molar-refractivity contribution in [1.82, 2.24) is 10.1 Å². The first kappa shape index (κ1) is 23.4. The second-order valence-corrected chi connectivity index (χ2v) is 8.36. The number of hydrogen-bond donors (Lipinski definition) is 1. The molecule has 0 aliphatic rings. The van der Waals surface area contributed by atoms with Crippen molar-refractivity contribution in [2.24, 2.45) is 0 Å². The van der Waals surface area contributed by atoms with E-state index < -0.39 is 29.2 Å².